The highest BCUT2D eigenvalue weighted by Crippen LogP contribution is 2.31. The molecule has 2 amide bonds. The van der Waals surface area contributed by atoms with Gasteiger partial charge in [-0.1, -0.05) is 18.3 Å². The summed E-state index contributed by atoms with van der Waals surface area (Å²) in [4.78, 5) is 27.2. The minimum atomic E-state index is -0.371. The van der Waals surface area contributed by atoms with E-state index >= 15 is 0 Å². The number of aromatic nitrogens is 2. The van der Waals surface area contributed by atoms with Crippen LogP contribution in [0, 0.1) is 5.92 Å². The lowest BCUT2D eigenvalue weighted by atomic mass is 9.98. The fourth-order valence-electron chi connectivity index (χ4n) is 3.73. The van der Waals surface area contributed by atoms with E-state index in [0.717, 1.165) is 37.3 Å². The minimum absolute atomic E-state index is 0.0259. The van der Waals surface area contributed by atoms with Crippen LogP contribution < -0.4 is 19.5 Å². The first-order valence-electron chi connectivity index (χ1n) is 11.3. The summed E-state index contributed by atoms with van der Waals surface area (Å²) in [6.45, 7) is 3.94. The second kappa shape index (κ2) is 11.2. The molecule has 0 bridgehead atoms. The van der Waals surface area contributed by atoms with Gasteiger partial charge in [-0.2, -0.15) is 0 Å². The van der Waals surface area contributed by atoms with Gasteiger partial charge >= 0.3 is 0 Å². The first-order valence-corrected chi connectivity index (χ1v) is 12.2. The average molecular weight is 497 g/mol. The number of ether oxygens (including phenoxy) is 3. The predicted molar refractivity (Wildman–Crippen MR) is 132 cm³/mol. The summed E-state index contributed by atoms with van der Waals surface area (Å²) < 4.78 is 16.2. The van der Waals surface area contributed by atoms with Crippen LogP contribution in [-0.4, -0.2) is 54.2 Å². The van der Waals surface area contributed by atoms with Gasteiger partial charge in [0.15, 0.2) is 16.5 Å². The fourth-order valence-corrected chi connectivity index (χ4v) is 4.38. The predicted octanol–water partition coefficient (Wildman–Crippen LogP) is 4.26. The van der Waals surface area contributed by atoms with Gasteiger partial charge in [-0.3, -0.25) is 9.59 Å². The number of carbonyl (C=O) groups excluding carboxylic acids is 2. The Morgan fingerprint density at radius 1 is 1.03 bits per heavy atom. The van der Waals surface area contributed by atoms with Crippen LogP contribution in [0.2, 0.25) is 0 Å². The van der Waals surface area contributed by atoms with Crippen LogP contribution in [0.3, 0.4) is 0 Å². The van der Waals surface area contributed by atoms with Crippen molar-refractivity contribution in [3.8, 4) is 17.2 Å². The average Bonchev–Trinajstić information content (AvgIpc) is 3.37. The zero-order valence-electron chi connectivity index (χ0n) is 19.9. The first kappa shape index (κ1) is 24.5. The molecule has 1 aliphatic rings. The Morgan fingerprint density at radius 3 is 2.43 bits per heavy atom. The third kappa shape index (κ3) is 6.07. The monoisotopic (exact) mass is 496 g/mol. The summed E-state index contributed by atoms with van der Waals surface area (Å²) in [5, 5.41) is 11.6. The summed E-state index contributed by atoms with van der Waals surface area (Å²) in [7, 11) is 3.12. The van der Waals surface area contributed by atoms with E-state index in [-0.39, 0.29) is 23.4 Å². The maximum atomic E-state index is 12.7. The molecule has 2 heterocycles. The van der Waals surface area contributed by atoms with E-state index in [1.54, 1.807) is 56.7 Å². The number of nitrogens with zero attached hydrogens (tertiary/aromatic N) is 3. The van der Waals surface area contributed by atoms with Crippen molar-refractivity contribution < 1.29 is 23.8 Å². The SMILES string of the molecule is COc1ccc(OCc2nnc(C(=O)Nc3ccc(C(=O)N4CCC(C)CC4)cc3)s2)cc1OC. The van der Waals surface area contributed by atoms with Gasteiger partial charge < -0.3 is 24.4 Å². The van der Waals surface area contributed by atoms with Gasteiger partial charge in [-0.15, -0.1) is 10.2 Å². The van der Waals surface area contributed by atoms with Crippen molar-refractivity contribution in [1.29, 1.82) is 0 Å². The van der Waals surface area contributed by atoms with Gasteiger partial charge in [0.1, 0.15) is 12.4 Å². The van der Waals surface area contributed by atoms with Crippen molar-refractivity contribution in [1.82, 2.24) is 15.1 Å². The number of rotatable bonds is 8. The van der Waals surface area contributed by atoms with E-state index in [1.165, 1.54) is 0 Å². The second-order valence-electron chi connectivity index (χ2n) is 8.31. The topological polar surface area (TPSA) is 103 Å². The number of methoxy groups -OCH3 is 2. The summed E-state index contributed by atoms with van der Waals surface area (Å²) >= 11 is 1.15. The Bertz CT molecular complexity index is 1170. The number of piperidine rings is 1. The van der Waals surface area contributed by atoms with Gasteiger partial charge in [0.25, 0.3) is 11.8 Å². The fraction of sp³-hybridized carbons (Fsp3) is 0.360. The molecule has 4 rings (SSSR count). The van der Waals surface area contributed by atoms with E-state index in [0.29, 0.717) is 39.4 Å². The quantitative estimate of drug-likeness (QED) is 0.497. The Kier molecular flexibility index (Phi) is 7.81. The molecule has 0 aliphatic carbocycles. The maximum absolute atomic E-state index is 12.7. The molecule has 1 aliphatic heterocycles. The highest BCUT2D eigenvalue weighted by molar-refractivity contribution is 7.13. The van der Waals surface area contributed by atoms with Crippen LogP contribution in [0.5, 0.6) is 17.2 Å². The molecule has 0 spiro atoms. The number of anilines is 1. The minimum Gasteiger partial charge on any atom is -0.493 e. The lowest BCUT2D eigenvalue weighted by molar-refractivity contribution is 0.0697. The van der Waals surface area contributed by atoms with E-state index in [2.05, 4.69) is 22.4 Å². The number of hydrogen-bond acceptors (Lipinski definition) is 8. The van der Waals surface area contributed by atoms with E-state index < -0.39 is 0 Å². The molecule has 10 heteroatoms. The van der Waals surface area contributed by atoms with Crippen molar-refractivity contribution in [3.05, 3.63) is 58.0 Å². The third-order valence-electron chi connectivity index (χ3n) is 5.84. The first-order chi connectivity index (χ1) is 17.0. The number of nitrogens with one attached hydrogen (secondary N) is 1. The molecule has 1 fully saturated rings. The number of hydrogen-bond donors (Lipinski definition) is 1. The molecule has 2 aromatic carbocycles. The Labute approximate surface area is 208 Å². The maximum Gasteiger partial charge on any atom is 0.286 e. The van der Waals surface area contributed by atoms with E-state index in [9.17, 15) is 9.59 Å². The summed E-state index contributed by atoms with van der Waals surface area (Å²) in [6, 6.07) is 12.1. The smallest absolute Gasteiger partial charge is 0.286 e. The molecule has 0 saturated carbocycles. The van der Waals surface area contributed by atoms with Crippen molar-refractivity contribution in [2.24, 2.45) is 5.92 Å². The van der Waals surface area contributed by atoms with Crippen LogP contribution in [0.4, 0.5) is 5.69 Å². The van der Waals surface area contributed by atoms with Crippen molar-refractivity contribution in [3.63, 3.8) is 0 Å². The second-order valence-corrected chi connectivity index (χ2v) is 9.37. The molecule has 0 unspecified atom stereocenters. The zero-order chi connectivity index (χ0) is 24.8. The number of carbonyl (C=O) groups is 2. The van der Waals surface area contributed by atoms with E-state index in [4.69, 9.17) is 14.2 Å². The van der Waals surface area contributed by atoms with Crippen LogP contribution in [0.15, 0.2) is 42.5 Å². The molecule has 3 aromatic rings. The molecule has 35 heavy (non-hydrogen) atoms. The van der Waals surface area contributed by atoms with Gasteiger partial charge in [-0.25, -0.2) is 0 Å². The molecule has 0 radical (unpaired) electrons. The Hall–Kier alpha value is -3.66. The summed E-state index contributed by atoms with van der Waals surface area (Å²) in [5.74, 6) is 2.06. The normalized spacial score (nSPS) is 13.9. The molecule has 1 saturated heterocycles. The molecular weight excluding hydrogens is 468 g/mol. The summed E-state index contributed by atoms with van der Waals surface area (Å²) in [6.07, 6.45) is 2.06. The standard InChI is InChI=1S/C25H28N4O5S/c1-16-10-12-29(13-11-16)25(31)17-4-6-18(7-5-17)26-23(30)24-28-27-22(35-24)15-34-19-8-9-20(32-2)21(14-19)33-3/h4-9,14,16H,10-13,15H2,1-3H3,(H,26,30). The molecular formula is C25H28N4O5S. The molecule has 0 atom stereocenters. The lowest BCUT2D eigenvalue weighted by Crippen LogP contribution is -2.37. The van der Waals surface area contributed by atoms with Gasteiger partial charge in [-0.05, 0) is 55.2 Å². The van der Waals surface area contributed by atoms with Crippen molar-refractivity contribution in [2.45, 2.75) is 26.4 Å². The van der Waals surface area contributed by atoms with Crippen LogP contribution in [0.1, 0.15) is 44.9 Å². The molecule has 1 aromatic heterocycles. The Morgan fingerprint density at radius 2 is 1.74 bits per heavy atom. The van der Waals surface area contributed by atoms with Gasteiger partial charge in [0.2, 0.25) is 5.01 Å². The molecule has 9 nitrogen and oxygen atoms in total. The Balaban J connectivity index is 1.31. The van der Waals surface area contributed by atoms with Crippen LogP contribution >= 0.6 is 11.3 Å². The molecule has 184 valence electrons. The largest absolute Gasteiger partial charge is 0.493 e. The van der Waals surface area contributed by atoms with Gasteiger partial charge in [0, 0.05) is 30.4 Å². The number of amides is 2. The highest BCUT2D eigenvalue weighted by atomic mass is 32.1. The van der Waals surface area contributed by atoms with Crippen molar-refractivity contribution in [2.75, 3.05) is 32.6 Å². The summed E-state index contributed by atoms with van der Waals surface area (Å²) in [5.41, 5.74) is 1.19. The third-order valence-corrected chi connectivity index (χ3v) is 6.73. The van der Waals surface area contributed by atoms with Crippen LogP contribution in [-0.2, 0) is 6.61 Å². The van der Waals surface area contributed by atoms with Crippen molar-refractivity contribution >= 4 is 28.8 Å². The number of benzene rings is 2. The highest BCUT2D eigenvalue weighted by Gasteiger charge is 2.21. The van der Waals surface area contributed by atoms with Crippen LogP contribution in [0.25, 0.3) is 0 Å². The van der Waals surface area contributed by atoms with E-state index in [1.807, 2.05) is 4.90 Å². The lowest BCUT2D eigenvalue weighted by Gasteiger charge is -2.30. The number of likely N-dealkylation sites (tertiary alicyclic amines) is 1. The van der Waals surface area contributed by atoms with Gasteiger partial charge in [0.05, 0.1) is 14.2 Å². The molecule has 1 N–H and O–H groups in total. The zero-order valence-corrected chi connectivity index (χ0v) is 20.8.